The van der Waals surface area contributed by atoms with E-state index in [1.54, 1.807) is 0 Å². The van der Waals surface area contributed by atoms with Crippen molar-refractivity contribution in [1.82, 2.24) is 4.98 Å². The van der Waals surface area contributed by atoms with E-state index in [4.69, 9.17) is 0 Å². The molecule has 0 unspecified atom stereocenters. The van der Waals surface area contributed by atoms with Gasteiger partial charge in [-0.25, -0.2) is 0 Å². The van der Waals surface area contributed by atoms with Crippen LogP contribution in [-0.4, -0.2) is 17.7 Å². The van der Waals surface area contributed by atoms with Crippen LogP contribution in [0.4, 0.5) is 0 Å². The number of aliphatic imine (C=N–C) groups is 1. The standard InChI is InChI=1S/C10H12N2/c1-11-9-6-2-4-8-5-3-7-12-10(8)9/h3,5,7H,2,4,6H2,1H3. The molecule has 0 N–H and O–H groups in total. The summed E-state index contributed by atoms with van der Waals surface area (Å²) in [5.74, 6) is 0. The van der Waals surface area contributed by atoms with Gasteiger partial charge in [-0.15, -0.1) is 0 Å². The highest BCUT2D eigenvalue weighted by Gasteiger charge is 2.14. The summed E-state index contributed by atoms with van der Waals surface area (Å²) < 4.78 is 0. The Morgan fingerprint density at radius 1 is 1.42 bits per heavy atom. The van der Waals surface area contributed by atoms with Crippen LogP contribution < -0.4 is 0 Å². The van der Waals surface area contributed by atoms with Crippen LogP contribution in [0.5, 0.6) is 0 Å². The van der Waals surface area contributed by atoms with E-state index >= 15 is 0 Å². The highest BCUT2D eigenvalue weighted by atomic mass is 14.8. The fourth-order valence-corrected chi connectivity index (χ4v) is 1.68. The first kappa shape index (κ1) is 7.47. The minimum absolute atomic E-state index is 1.08. The summed E-state index contributed by atoms with van der Waals surface area (Å²) in [6, 6.07) is 4.14. The van der Waals surface area contributed by atoms with Crippen LogP contribution in [0.15, 0.2) is 23.3 Å². The van der Waals surface area contributed by atoms with Gasteiger partial charge in [-0.1, -0.05) is 6.07 Å². The summed E-state index contributed by atoms with van der Waals surface area (Å²) in [4.78, 5) is 8.58. The van der Waals surface area contributed by atoms with E-state index in [9.17, 15) is 0 Å². The van der Waals surface area contributed by atoms with Gasteiger partial charge in [0.1, 0.15) is 0 Å². The summed E-state index contributed by atoms with van der Waals surface area (Å²) in [5, 5.41) is 0. The molecule has 62 valence electrons. The zero-order valence-corrected chi connectivity index (χ0v) is 7.25. The molecular formula is C10H12N2. The smallest absolute Gasteiger partial charge is 0.0871 e. The maximum atomic E-state index is 4.34. The van der Waals surface area contributed by atoms with Crippen molar-refractivity contribution in [3.8, 4) is 0 Å². The fourth-order valence-electron chi connectivity index (χ4n) is 1.68. The SMILES string of the molecule is CN=C1CCCc2cccnc21. The van der Waals surface area contributed by atoms with Gasteiger partial charge in [0.15, 0.2) is 0 Å². The number of pyridine rings is 1. The third kappa shape index (κ3) is 1.13. The molecule has 1 aromatic heterocycles. The Labute approximate surface area is 72.4 Å². The zero-order chi connectivity index (χ0) is 8.39. The first-order valence-corrected chi connectivity index (χ1v) is 4.32. The lowest BCUT2D eigenvalue weighted by Gasteiger charge is -2.15. The van der Waals surface area contributed by atoms with Gasteiger partial charge in [0, 0.05) is 13.2 Å². The highest BCUT2D eigenvalue weighted by Crippen LogP contribution is 2.18. The Hall–Kier alpha value is -1.18. The molecule has 0 saturated carbocycles. The average molecular weight is 160 g/mol. The van der Waals surface area contributed by atoms with Gasteiger partial charge in [0.05, 0.1) is 11.4 Å². The van der Waals surface area contributed by atoms with Crippen molar-refractivity contribution >= 4 is 5.71 Å². The van der Waals surface area contributed by atoms with Crippen LogP contribution in [0.3, 0.4) is 0 Å². The molecule has 0 atom stereocenters. The fraction of sp³-hybridized carbons (Fsp3) is 0.400. The van der Waals surface area contributed by atoms with Crippen molar-refractivity contribution in [3.05, 3.63) is 29.6 Å². The predicted octanol–water partition coefficient (Wildman–Crippen LogP) is 1.84. The molecule has 12 heavy (non-hydrogen) atoms. The molecule has 1 aliphatic rings. The second-order valence-corrected chi connectivity index (χ2v) is 3.03. The van der Waals surface area contributed by atoms with E-state index < -0.39 is 0 Å². The van der Waals surface area contributed by atoms with E-state index in [1.807, 2.05) is 19.3 Å². The molecule has 0 amide bonds. The van der Waals surface area contributed by atoms with Crippen molar-refractivity contribution in [1.29, 1.82) is 0 Å². The topological polar surface area (TPSA) is 25.2 Å². The summed E-state index contributed by atoms with van der Waals surface area (Å²) in [7, 11) is 1.85. The third-order valence-corrected chi connectivity index (χ3v) is 2.29. The number of aromatic nitrogens is 1. The molecule has 2 nitrogen and oxygen atoms in total. The predicted molar refractivity (Wildman–Crippen MR) is 49.6 cm³/mol. The average Bonchev–Trinajstić information content (AvgIpc) is 2.17. The first-order chi connectivity index (χ1) is 5.92. The third-order valence-electron chi connectivity index (χ3n) is 2.29. The monoisotopic (exact) mass is 160 g/mol. The molecule has 2 heteroatoms. The normalized spacial score (nSPS) is 19.2. The van der Waals surface area contributed by atoms with Crippen molar-refractivity contribution < 1.29 is 0 Å². The number of hydrogen-bond donors (Lipinski definition) is 0. The zero-order valence-electron chi connectivity index (χ0n) is 7.25. The Bertz CT molecular complexity index is 315. The molecule has 0 aliphatic heterocycles. The minimum atomic E-state index is 1.08. The van der Waals surface area contributed by atoms with Crippen LogP contribution in [0.25, 0.3) is 0 Å². The molecule has 1 heterocycles. The van der Waals surface area contributed by atoms with Crippen LogP contribution in [-0.2, 0) is 6.42 Å². The van der Waals surface area contributed by atoms with Crippen LogP contribution in [0.1, 0.15) is 24.1 Å². The summed E-state index contributed by atoms with van der Waals surface area (Å²) in [6.07, 6.45) is 5.30. The van der Waals surface area contributed by atoms with E-state index in [2.05, 4.69) is 16.0 Å². The quantitative estimate of drug-likeness (QED) is 0.568. The Morgan fingerprint density at radius 2 is 2.33 bits per heavy atom. The van der Waals surface area contributed by atoms with E-state index in [1.165, 1.54) is 12.0 Å². The maximum absolute atomic E-state index is 4.34. The second-order valence-electron chi connectivity index (χ2n) is 3.03. The molecule has 0 radical (unpaired) electrons. The molecule has 0 aromatic carbocycles. The van der Waals surface area contributed by atoms with E-state index in [0.29, 0.717) is 0 Å². The molecular weight excluding hydrogens is 148 g/mol. The van der Waals surface area contributed by atoms with Crippen molar-refractivity contribution in [2.24, 2.45) is 4.99 Å². The summed E-state index contributed by atoms with van der Waals surface area (Å²) in [6.45, 7) is 0. The number of rotatable bonds is 0. The number of aryl methyl sites for hydroxylation is 1. The molecule has 1 aliphatic carbocycles. The largest absolute Gasteiger partial charge is 0.291 e. The van der Waals surface area contributed by atoms with Crippen LogP contribution >= 0.6 is 0 Å². The van der Waals surface area contributed by atoms with Crippen molar-refractivity contribution in [2.75, 3.05) is 7.05 Å². The molecule has 0 spiro atoms. The van der Waals surface area contributed by atoms with Gasteiger partial charge in [0.25, 0.3) is 0 Å². The van der Waals surface area contributed by atoms with Gasteiger partial charge >= 0.3 is 0 Å². The molecule has 1 aromatic rings. The van der Waals surface area contributed by atoms with E-state index in [-0.39, 0.29) is 0 Å². The van der Waals surface area contributed by atoms with Crippen LogP contribution in [0.2, 0.25) is 0 Å². The van der Waals surface area contributed by atoms with Gasteiger partial charge in [-0.3, -0.25) is 9.98 Å². The lowest BCUT2D eigenvalue weighted by Crippen LogP contribution is -2.13. The highest BCUT2D eigenvalue weighted by molar-refractivity contribution is 6.00. The minimum Gasteiger partial charge on any atom is -0.291 e. The molecule has 0 saturated heterocycles. The molecule has 2 rings (SSSR count). The molecule has 0 bridgehead atoms. The number of fused-ring (bicyclic) bond motifs is 1. The Balaban J connectivity index is 2.51. The van der Waals surface area contributed by atoms with Crippen molar-refractivity contribution in [2.45, 2.75) is 19.3 Å². The number of nitrogens with zero attached hydrogens (tertiary/aromatic N) is 2. The molecule has 0 fully saturated rings. The van der Waals surface area contributed by atoms with Crippen LogP contribution in [0, 0.1) is 0 Å². The maximum Gasteiger partial charge on any atom is 0.0871 e. The second kappa shape index (κ2) is 3.05. The number of hydrogen-bond acceptors (Lipinski definition) is 2. The first-order valence-electron chi connectivity index (χ1n) is 4.32. The van der Waals surface area contributed by atoms with Gasteiger partial charge in [-0.05, 0) is 30.9 Å². The Kier molecular flexibility index (Phi) is 1.90. The van der Waals surface area contributed by atoms with Gasteiger partial charge in [-0.2, -0.15) is 0 Å². The van der Waals surface area contributed by atoms with Gasteiger partial charge in [0.2, 0.25) is 0 Å². The van der Waals surface area contributed by atoms with Crippen molar-refractivity contribution in [3.63, 3.8) is 0 Å². The Morgan fingerprint density at radius 3 is 3.17 bits per heavy atom. The summed E-state index contributed by atoms with van der Waals surface area (Å²) in [5.41, 5.74) is 3.63. The van der Waals surface area contributed by atoms with Gasteiger partial charge < -0.3 is 0 Å². The lowest BCUT2D eigenvalue weighted by atomic mass is 9.94. The lowest BCUT2D eigenvalue weighted by molar-refractivity contribution is 0.825. The van der Waals surface area contributed by atoms with E-state index in [0.717, 1.165) is 24.2 Å². The summed E-state index contributed by atoms with van der Waals surface area (Å²) >= 11 is 0.